The molecule has 1 N–H and O–H groups in total. The molecule has 0 saturated carbocycles. The summed E-state index contributed by atoms with van der Waals surface area (Å²) < 4.78 is 58.2. The minimum absolute atomic E-state index is 0.0263. The Morgan fingerprint density at radius 3 is 2.12 bits per heavy atom. The number of aryl methyl sites for hydroxylation is 2. The van der Waals surface area contributed by atoms with Gasteiger partial charge in [0.1, 0.15) is 6.54 Å². The van der Waals surface area contributed by atoms with E-state index in [2.05, 4.69) is 4.72 Å². The fourth-order valence-electron chi connectivity index (χ4n) is 3.29. The van der Waals surface area contributed by atoms with Gasteiger partial charge in [-0.2, -0.15) is 9.03 Å². The van der Waals surface area contributed by atoms with E-state index in [-0.39, 0.29) is 15.4 Å². The van der Waals surface area contributed by atoms with Gasteiger partial charge in [-0.25, -0.2) is 16.8 Å². The smallest absolute Gasteiger partial charge is 0.321 e. The maximum atomic E-state index is 12.5. The van der Waals surface area contributed by atoms with Crippen LogP contribution in [0.2, 0.25) is 0 Å². The van der Waals surface area contributed by atoms with Crippen LogP contribution < -0.4 is 4.72 Å². The largest absolute Gasteiger partial charge is 0.456 e. The highest BCUT2D eigenvalue weighted by Gasteiger charge is 2.27. The van der Waals surface area contributed by atoms with E-state index in [1.54, 1.807) is 13.0 Å². The number of carbonyl (C=O) groups excluding carboxylic acids is 2. The van der Waals surface area contributed by atoms with Crippen molar-refractivity contribution in [1.82, 2.24) is 9.03 Å². The van der Waals surface area contributed by atoms with Crippen molar-refractivity contribution < 1.29 is 31.2 Å². The third kappa shape index (κ3) is 6.05. The predicted octanol–water partition coefficient (Wildman–Crippen LogP) is 1.79. The maximum Gasteiger partial charge on any atom is 0.321 e. The first-order valence-corrected chi connectivity index (χ1v) is 13.3. The number of Topliss-reactive ketones (excluding diaryl/α,β-unsaturated/α-hetero) is 1. The minimum atomic E-state index is -3.91. The molecular weight excluding hydrogens is 468 g/mol. The number of ether oxygens (including phenoxy) is 1. The fraction of sp³-hybridized carbons (Fsp3) is 0.364. The second-order valence-electron chi connectivity index (χ2n) is 7.79. The summed E-state index contributed by atoms with van der Waals surface area (Å²) in [6.45, 7) is 3.37. The van der Waals surface area contributed by atoms with Crippen molar-refractivity contribution >= 4 is 31.8 Å². The zero-order chi connectivity index (χ0) is 24.2. The van der Waals surface area contributed by atoms with Gasteiger partial charge >= 0.3 is 5.97 Å². The highest BCUT2D eigenvalue weighted by molar-refractivity contribution is 7.89. The van der Waals surface area contributed by atoms with Crippen molar-refractivity contribution in [3.63, 3.8) is 0 Å². The van der Waals surface area contributed by atoms with Crippen LogP contribution in [-0.2, 0) is 29.6 Å². The summed E-state index contributed by atoms with van der Waals surface area (Å²) in [7, 11) is -7.49. The van der Waals surface area contributed by atoms with Crippen molar-refractivity contribution in [1.29, 1.82) is 0 Å². The van der Waals surface area contributed by atoms with Gasteiger partial charge in [0, 0.05) is 18.7 Å². The summed E-state index contributed by atoms with van der Waals surface area (Å²) >= 11 is 0. The fourth-order valence-corrected chi connectivity index (χ4v) is 5.86. The van der Waals surface area contributed by atoms with Gasteiger partial charge in [0.05, 0.1) is 9.79 Å². The molecule has 9 nitrogen and oxygen atoms in total. The molecule has 1 fully saturated rings. The van der Waals surface area contributed by atoms with E-state index in [1.165, 1.54) is 40.7 Å². The standard InChI is InChI=1S/C22H26N2O7S2/c1-16-5-8-20(13-17(16)2)32(27,28)23-14-22(26)31-15-21(25)18-6-9-19(10-7-18)33(29,30)24-11-3-4-12-24/h5-10,13,23H,3-4,11-12,14-15H2,1-2H3. The summed E-state index contributed by atoms with van der Waals surface area (Å²) in [6.07, 6.45) is 1.64. The van der Waals surface area contributed by atoms with E-state index < -0.39 is 45.0 Å². The third-order valence-electron chi connectivity index (χ3n) is 5.44. The molecule has 11 heteroatoms. The average molecular weight is 495 g/mol. The normalized spacial score (nSPS) is 14.8. The van der Waals surface area contributed by atoms with E-state index in [0.717, 1.165) is 24.0 Å². The SMILES string of the molecule is Cc1ccc(S(=O)(=O)NCC(=O)OCC(=O)c2ccc(S(=O)(=O)N3CCCC3)cc2)cc1C. The van der Waals surface area contributed by atoms with Gasteiger partial charge in [-0.3, -0.25) is 9.59 Å². The molecule has 2 aromatic rings. The molecule has 0 unspecified atom stereocenters. The molecule has 0 bridgehead atoms. The number of nitrogens with zero attached hydrogens (tertiary/aromatic N) is 1. The predicted molar refractivity (Wildman–Crippen MR) is 121 cm³/mol. The summed E-state index contributed by atoms with van der Waals surface area (Å²) in [5, 5.41) is 0. The summed E-state index contributed by atoms with van der Waals surface area (Å²) in [4.78, 5) is 24.3. The molecule has 0 spiro atoms. The topological polar surface area (TPSA) is 127 Å². The van der Waals surface area contributed by atoms with E-state index in [4.69, 9.17) is 4.74 Å². The lowest BCUT2D eigenvalue weighted by atomic mass is 10.1. The number of nitrogens with one attached hydrogen (secondary N) is 1. The molecular formula is C22H26N2O7S2. The highest BCUT2D eigenvalue weighted by atomic mass is 32.2. The number of carbonyl (C=O) groups is 2. The van der Waals surface area contributed by atoms with Gasteiger partial charge in [0.25, 0.3) is 0 Å². The molecule has 178 valence electrons. The number of ketones is 1. The van der Waals surface area contributed by atoms with Crippen molar-refractivity contribution in [2.24, 2.45) is 0 Å². The first kappa shape index (κ1) is 25.0. The monoisotopic (exact) mass is 494 g/mol. The van der Waals surface area contributed by atoms with Crippen LogP contribution in [0.1, 0.15) is 34.3 Å². The van der Waals surface area contributed by atoms with Gasteiger partial charge in [-0.05, 0) is 74.2 Å². The Hall–Kier alpha value is -2.60. The Labute approximate surface area is 193 Å². The van der Waals surface area contributed by atoms with Crippen molar-refractivity contribution in [2.45, 2.75) is 36.5 Å². The van der Waals surface area contributed by atoms with Crippen LogP contribution in [0.5, 0.6) is 0 Å². The maximum absolute atomic E-state index is 12.5. The number of hydrogen-bond donors (Lipinski definition) is 1. The molecule has 0 radical (unpaired) electrons. The van der Waals surface area contributed by atoms with Crippen LogP contribution in [0.3, 0.4) is 0 Å². The molecule has 1 aliphatic heterocycles. The number of benzene rings is 2. The van der Waals surface area contributed by atoms with Crippen molar-refractivity contribution in [2.75, 3.05) is 26.2 Å². The molecule has 1 aliphatic rings. The van der Waals surface area contributed by atoms with E-state index in [1.807, 2.05) is 6.92 Å². The minimum Gasteiger partial charge on any atom is -0.456 e. The quantitative estimate of drug-likeness (QED) is 0.416. The Morgan fingerprint density at radius 2 is 1.52 bits per heavy atom. The molecule has 0 aliphatic carbocycles. The summed E-state index contributed by atoms with van der Waals surface area (Å²) in [5.41, 5.74) is 1.91. The molecule has 33 heavy (non-hydrogen) atoms. The molecule has 1 heterocycles. The van der Waals surface area contributed by atoms with Gasteiger partial charge in [-0.1, -0.05) is 6.07 Å². The van der Waals surface area contributed by atoms with Gasteiger partial charge in [0.15, 0.2) is 12.4 Å². The summed E-state index contributed by atoms with van der Waals surface area (Å²) in [5.74, 6) is -1.45. The molecule has 0 atom stereocenters. The molecule has 3 rings (SSSR count). The first-order chi connectivity index (χ1) is 15.5. The number of hydrogen-bond acceptors (Lipinski definition) is 7. The van der Waals surface area contributed by atoms with E-state index in [0.29, 0.717) is 13.1 Å². The van der Waals surface area contributed by atoms with Gasteiger partial charge in [-0.15, -0.1) is 0 Å². The first-order valence-electron chi connectivity index (χ1n) is 10.4. The molecule has 0 aromatic heterocycles. The van der Waals surface area contributed by atoms with Crippen LogP contribution >= 0.6 is 0 Å². The lowest BCUT2D eigenvalue weighted by Crippen LogP contribution is -2.31. The Kier molecular flexibility index (Phi) is 7.68. The van der Waals surface area contributed by atoms with Crippen LogP contribution in [0, 0.1) is 13.8 Å². The molecule has 1 saturated heterocycles. The second-order valence-corrected chi connectivity index (χ2v) is 11.5. The third-order valence-corrected chi connectivity index (χ3v) is 8.75. The summed E-state index contributed by atoms with van der Waals surface area (Å²) in [6, 6.07) is 10.0. The average Bonchev–Trinajstić information content (AvgIpc) is 3.34. The lowest BCUT2D eigenvalue weighted by Gasteiger charge is -2.15. The zero-order valence-electron chi connectivity index (χ0n) is 18.4. The Bertz CT molecular complexity index is 1250. The van der Waals surface area contributed by atoms with Crippen molar-refractivity contribution in [3.8, 4) is 0 Å². The zero-order valence-corrected chi connectivity index (χ0v) is 20.0. The Balaban J connectivity index is 1.52. The van der Waals surface area contributed by atoms with Crippen LogP contribution in [0.25, 0.3) is 0 Å². The van der Waals surface area contributed by atoms with Crippen LogP contribution in [0.4, 0.5) is 0 Å². The van der Waals surface area contributed by atoms with Crippen LogP contribution in [-0.4, -0.2) is 59.1 Å². The van der Waals surface area contributed by atoms with Gasteiger partial charge in [0.2, 0.25) is 20.0 Å². The van der Waals surface area contributed by atoms with Gasteiger partial charge < -0.3 is 4.74 Å². The molecule has 2 aromatic carbocycles. The van der Waals surface area contributed by atoms with Crippen LogP contribution in [0.15, 0.2) is 52.3 Å². The van der Waals surface area contributed by atoms with Crippen molar-refractivity contribution in [3.05, 3.63) is 59.2 Å². The number of sulfonamides is 2. The second kappa shape index (κ2) is 10.1. The Morgan fingerprint density at radius 1 is 0.909 bits per heavy atom. The molecule has 0 amide bonds. The van der Waals surface area contributed by atoms with E-state index >= 15 is 0 Å². The highest BCUT2D eigenvalue weighted by Crippen LogP contribution is 2.21. The van der Waals surface area contributed by atoms with E-state index in [9.17, 15) is 26.4 Å². The lowest BCUT2D eigenvalue weighted by molar-refractivity contribution is -0.141. The number of esters is 1. The number of rotatable bonds is 9.